The number of nitrogens with zero attached hydrogens (tertiary/aromatic N) is 1. The molecule has 2 aromatic rings. The summed E-state index contributed by atoms with van der Waals surface area (Å²) in [6.07, 6.45) is 1.68. The minimum absolute atomic E-state index is 0.431. The molecule has 0 radical (unpaired) electrons. The molecule has 0 amide bonds. The number of rotatable bonds is 4. The first kappa shape index (κ1) is 14.0. The molecule has 2 rings (SSSR count). The molecule has 98 valence electrons. The van der Waals surface area contributed by atoms with Crippen molar-refractivity contribution in [1.29, 1.82) is 0 Å². The second kappa shape index (κ2) is 7.33. The van der Waals surface area contributed by atoms with E-state index < -0.39 is 10.9 Å². The third-order valence-corrected chi connectivity index (χ3v) is 2.40. The normalized spacial score (nSPS) is 9.67. The zero-order valence-corrected chi connectivity index (χ0v) is 10.7. The van der Waals surface area contributed by atoms with Crippen molar-refractivity contribution >= 4 is 28.3 Å². The largest absolute Gasteiger partial charge is 0.468 e. The van der Waals surface area contributed by atoms with Gasteiger partial charge in [0.05, 0.1) is 12.1 Å². The van der Waals surface area contributed by atoms with Gasteiger partial charge in [-0.1, -0.05) is 18.2 Å². The first-order valence-electron chi connectivity index (χ1n) is 5.21. The third kappa shape index (κ3) is 4.10. The van der Waals surface area contributed by atoms with Crippen molar-refractivity contribution in [2.75, 3.05) is 11.4 Å². The Morgan fingerprint density at radius 1 is 1.33 bits per heavy atom. The van der Waals surface area contributed by atoms with Gasteiger partial charge in [-0.25, -0.2) is 13.2 Å². The molecule has 0 fully saturated rings. The highest BCUT2D eigenvalue weighted by molar-refractivity contribution is 7.73. The van der Waals surface area contributed by atoms with Crippen LogP contribution in [-0.2, 0) is 20.4 Å². The first-order valence-corrected chi connectivity index (χ1v) is 6.39. The Balaban J connectivity index is 0.000000280. The Morgan fingerprint density at radius 2 is 2.06 bits per heavy atom. The molecule has 0 spiro atoms. The molecule has 0 aliphatic carbocycles. The minimum Gasteiger partial charge on any atom is -0.468 e. The Hall–Kier alpha value is -2.02. The average molecular weight is 270 g/mol. The molecule has 1 N–H and O–H groups in total. The maximum absolute atomic E-state index is 10.4. The molecule has 0 aliphatic rings. The molecule has 1 aromatic heterocycles. The van der Waals surface area contributed by atoms with E-state index in [1.807, 2.05) is 30.3 Å². The Bertz CT molecular complexity index is 569. The van der Waals surface area contributed by atoms with Gasteiger partial charge >= 0.3 is 0 Å². The van der Waals surface area contributed by atoms with Crippen LogP contribution in [0.2, 0.25) is 0 Å². The minimum atomic E-state index is -2.61. The van der Waals surface area contributed by atoms with Gasteiger partial charge in [-0.3, -0.25) is 9.47 Å². The lowest BCUT2D eigenvalue weighted by Gasteiger charge is -2.00. The van der Waals surface area contributed by atoms with Crippen LogP contribution in [0, 0.1) is 0 Å². The van der Waals surface area contributed by atoms with Gasteiger partial charge in [-0.05, 0) is 19.1 Å². The van der Waals surface area contributed by atoms with Gasteiger partial charge in [0.25, 0.3) is 6.47 Å². The van der Waals surface area contributed by atoms with E-state index in [1.54, 1.807) is 13.1 Å². The Morgan fingerprint density at radius 3 is 2.61 bits per heavy atom. The molecule has 6 nitrogen and oxygen atoms in total. The second-order valence-corrected chi connectivity index (χ2v) is 3.87. The number of benzene rings is 1. The van der Waals surface area contributed by atoms with E-state index in [-0.39, 0.29) is 0 Å². The monoisotopic (exact) mass is 270 g/mol. The molecule has 0 saturated carbocycles. The van der Waals surface area contributed by atoms with Gasteiger partial charge in [0.15, 0.2) is 0 Å². The van der Waals surface area contributed by atoms with Crippen LogP contribution in [0.5, 0.6) is 0 Å². The van der Waals surface area contributed by atoms with Crippen LogP contribution in [0.25, 0.3) is 10.9 Å². The lowest BCUT2D eigenvalue weighted by molar-refractivity contribution is -0.128. The second-order valence-electron chi connectivity index (χ2n) is 3.15. The topological polar surface area (TPSA) is 77.4 Å². The first-order chi connectivity index (χ1) is 8.69. The van der Waals surface area contributed by atoms with Crippen LogP contribution < -0.4 is 4.83 Å². The highest BCUT2D eigenvalue weighted by atomic mass is 32.2. The zero-order chi connectivity index (χ0) is 13.4. The lowest BCUT2D eigenvalue weighted by Crippen LogP contribution is -2.10. The highest BCUT2D eigenvalue weighted by Crippen LogP contribution is 2.12. The van der Waals surface area contributed by atoms with E-state index in [9.17, 15) is 13.2 Å². The Labute approximate surface area is 106 Å². The highest BCUT2D eigenvalue weighted by Gasteiger charge is 1.97. The summed E-state index contributed by atoms with van der Waals surface area (Å²) in [5.41, 5.74) is 0.849. The number of aromatic nitrogens is 1. The summed E-state index contributed by atoms with van der Waals surface area (Å²) in [4.78, 5) is 11.5. The van der Waals surface area contributed by atoms with Crippen LogP contribution in [0.3, 0.4) is 0 Å². The summed E-state index contributed by atoms with van der Waals surface area (Å²) in [6, 6.07) is 9.38. The van der Waals surface area contributed by atoms with Crippen LogP contribution >= 0.6 is 0 Å². The number of thiol groups is 1. The maximum atomic E-state index is 10.4. The number of carbonyl (C=O) groups excluding carboxylic acids is 1. The Kier molecular flexibility index (Phi) is 5.72. The van der Waals surface area contributed by atoms with Gasteiger partial charge in [-0.15, -0.1) is 0 Å². The molecule has 18 heavy (non-hydrogen) atoms. The summed E-state index contributed by atoms with van der Waals surface area (Å²) in [5.74, 6) is 0. The van der Waals surface area contributed by atoms with E-state index in [0.717, 1.165) is 10.9 Å². The fourth-order valence-electron chi connectivity index (χ4n) is 1.33. The summed E-state index contributed by atoms with van der Waals surface area (Å²) in [5, 5.41) is 1.01. The molecule has 0 saturated heterocycles. The standard InChI is InChI=1S/C8H8N2O2S.C3H6O2/c11-13(12)9-10-6-5-7-3-1-2-4-8(7)10;1-2-5-3-4/h1-6,13H,(H,9,11,12);3H,2H2,1H3. The summed E-state index contributed by atoms with van der Waals surface area (Å²) in [7, 11) is -2.61. The van der Waals surface area contributed by atoms with E-state index in [0.29, 0.717) is 13.1 Å². The number of hydrogen-bond donors (Lipinski definition) is 2. The SMILES string of the molecule is CCOC=O.O=[SH](=O)Nn1ccc2ccccc21. The predicted molar refractivity (Wildman–Crippen MR) is 69.3 cm³/mol. The van der Waals surface area contributed by atoms with Crippen molar-refractivity contribution in [3.63, 3.8) is 0 Å². The number of hydrogen-bond acceptors (Lipinski definition) is 4. The van der Waals surface area contributed by atoms with Crippen molar-refractivity contribution < 1.29 is 17.9 Å². The van der Waals surface area contributed by atoms with Crippen molar-refractivity contribution in [1.82, 2.24) is 4.68 Å². The average Bonchev–Trinajstić information content (AvgIpc) is 2.74. The van der Waals surface area contributed by atoms with Crippen LogP contribution in [0.4, 0.5) is 0 Å². The molecule has 0 atom stereocenters. The van der Waals surface area contributed by atoms with Crippen molar-refractivity contribution in [2.24, 2.45) is 0 Å². The number of carbonyl (C=O) groups is 1. The van der Waals surface area contributed by atoms with Gasteiger partial charge in [0.2, 0.25) is 10.9 Å². The molecule has 1 aromatic carbocycles. The molecular weight excluding hydrogens is 256 g/mol. The van der Waals surface area contributed by atoms with Crippen LogP contribution in [0.1, 0.15) is 6.92 Å². The number of nitrogens with one attached hydrogen (secondary N) is 1. The zero-order valence-electron chi connectivity index (χ0n) is 9.78. The number of para-hydroxylation sites is 1. The van der Waals surface area contributed by atoms with Crippen LogP contribution in [0.15, 0.2) is 36.5 Å². The lowest BCUT2D eigenvalue weighted by atomic mass is 10.3. The van der Waals surface area contributed by atoms with E-state index in [4.69, 9.17) is 0 Å². The summed E-state index contributed by atoms with van der Waals surface area (Å²) < 4.78 is 26.5. The van der Waals surface area contributed by atoms with Crippen molar-refractivity contribution in [3.05, 3.63) is 36.5 Å². The predicted octanol–water partition coefficient (Wildman–Crippen LogP) is 0.890. The molecule has 0 bridgehead atoms. The van der Waals surface area contributed by atoms with Crippen molar-refractivity contribution in [3.8, 4) is 0 Å². The molecule has 7 heteroatoms. The van der Waals surface area contributed by atoms with Gasteiger partial charge in [0, 0.05) is 11.6 Å². The van der Waals surface area contributed by atoms with Gasteiger partial charge < -0.3 is 4.74 Å². The summed E-state index contributed by atoms with van der Waals surface area (Å²) in [6.45, 7) is 2.66. The van der Waals surface area contributed by atoms with Crippen LogP contribution in [-0.4, -0.2) is 26.2 Å². The van der Waals surface area contributed by atoms with E-state index >= 15 is 0 Å². The molecule has 0 unspecified atom stereocenters. The smallest absolute Gasteiger partial charge is 0.293 e. The fourth-order valence-corrected chi connectivity index (χ4v) is 1.68. The van der Waals surface area contributed by atoms with E-state index in [1.165, 1.54) is 4.68 Å². The summed E-state index contributed by atoms with van der Waals surface area (Å²) >= 11 is 0. The quantitative estimate of drug-likeness (QED) is 0.639. The van der Waals surface area contributed by atoms with Gasteiger partial charge in [0.1, 0.15) is 0 Å². The molecular formula is C11H14N2O4S. The fraction of sp³-hybridized carbons (Fsp3) is 0.182. The number of fused-ring (bicyclic) bond motifs is 1. The maximum Gasteiger partial charge on any atom is 0.293 e. The third-order valence-electron chi connectivity index (χ3n) is 2.02. The van der Waals surface area contributed by atoms with E-state index in [2.05, 4.69) is 9.57 Å². The molecule has 1 heterocycles. The van der Waals surface area contributed by atoms with Crippen molar-refractivity contribution in [2.45, 2.75) is 6.92 Å². The number of ether oxygens (including phenoxy) is 1. The molecule has 0 aliphatic heterocycles. The van der Waals surface area contributed by atoms with Gasteiger partial charge in [-0.2, -0.15) is 0 Å².